The van der Waals surface area contributed by atoms with Crippen LogP contribution >= 0.6 is 22.7 Å². The number of rotatable bonds is 3. The quantitative estimate of drug-likeness (QED) is 0.190. The third-order valence-electron chi connectivity index (χ3n) is 9.82. The number of nitrogens with zero attached hydrogens (tertiary/aromatic N) is 1. The molecule has 48 heavy (non-hydrogen) atoms. The maximum absolute atomic E-state index is 6.66. The summed E-state index contributed by atoms with van der Waals surface area (Å²) >= 11 is 3.74. The first kappa shape index (κ1) is 26.4. The lowest BCUT2D eigenvalue weighted by Gasteiger charge is -2.26. The van der Waals surface area contributed by atoms with Crippen molar-refractivity contribution in [3.8, 4) is 0 Å². The standard InChI is InChI=1S/C44H25NOS2/c1-2-11-28(12-3-1)45(29-19-22-32-33-20-17-27-10-5-7-14-31(27)44(33)48-39(32)25-29)35-15-8-16-37-41(35)42-38(47-37)24-23-36-40(42)34-21-18-26-9-4-6-13-30(26)43(34)46-36/h1-25H. The van der Waals surface area contributed by atoms with Gasteiger partial charge in [0.25, 0.3) is 0 Å². The minimum absolute atomic E-state index is 0.925. The second kappa shape index (κ2) is 9.91. The van der Waals surface area contributed by atoms with Crippen molar-refractivity contribution in [2.45, 2.75) is 0 Å². The van der Waals surface area contributed by atoms with E-state index in [0.717, 1.165) is 33.3 Å². The second-order valence-electron chi connectivity index (χ2n) is 12.4. The summed E-state index contributed by atoms with van der Waals surface area (Å²) in [6.07, 6.45) is 0. The van der Waals surface area contributed by atoms with Gasteiger partial charge in [-0.1, -0.05) is 97.1 Å². The highest BCUT2D eigenvalue weighted by Crippen LogP contribution is 2.50. The van der Waals surface area contributed by atoms with Gasteiger partial charge in [-0.15, -0.1) is 22.7 Å². The van der Waals surface area contributed by atoms with E-state index in [1.165, 1.54) is 67.6 Å². The molecular formula is C44H25NOS2. The van der Waals surface area contributed by atoms with Crippen molar-refractivity contribution in [3.63, 3.8) is 0 Å². The molecule has 0 amide bonds. The van der Waals surface area contributed by atoms with Gasteiger partial charge in [0.1, 0.15) is 11.2 Å². The van der Waals surface area contributed by atoms with E-state index in [9.17, 15) is 0 Å². The maximum Gasteiger partial charge on any atom is 0.143 e. The van der Waals surface area contributed by atoms with Crippen LogP contribution in [-0.4, -0.2) is 0 Å². The Labute approximate surface area is 283 Å². The molecule has 0 atom stereocenters. The van der Waals surface area contributed by atoms with E-state index in [-0.39, 0.29) is 0 Å². The smallest absolute Gasteiger partial charge is 0.143 e. The van der Waals surface area contributed by atoms with E-state index in [4.69, 9.17) is 4.42 Å². The van der Waals surface area contributed by atoms with E-state index in [1.807, 2.05) is 22.7 Å². The summed E-state index contributed by atoms with van der Waals surface area (Å²) < 4.78 is 11.8. The summed E-state index contributed by atoms with van der Waals surface area (Å²) in [6.45, 7) is 0. The molecule has 3 heterocycles. The van der Waals surface area contributed by atoms with Crippen molar-refractivity contribution in [1.29, 1.82) is 0 Å². The van der Waals surface area contributed by atoms with Crippen LogP contribution in [0.25, 0.3) is 83.8 Å². The maximum atomic E-state index is 6.66. The molecule has 0 bridgehead atoms. The topological polar surface area (TPSA) is 16.4 Å². The number of thiophene rings is 2. The molecule has 11 rings (SSSR count). The highest BCUT2D eigenvalue weighted by atomic mass is 32.1. The molecule has 0 aliphatic rings. The predicted molar refractivity (Wildman–Crippen MR) is 209 cm³/mol. The van der Waals surface area contributed by atoms with Crippen LogP contribution < -0.4 is 4.90 Å². The number of hydrogen-bond acceptors (Lipinski definition) is 4. The number of para-hydroxylation sites is 1. The molecule has 0 fully saturated rings. The summed E-state index contributed by atoms with van der Waals surface area (Å²) in [5, 5.41) is 12.4. The number of benzene rings is 8. The lowest BCUT2D eigenvalue weighted by Crippen LogP contribution is -2.10. The molecule has 2 nitrogen and oxygen atoms in total. The zero-order valence-corrected chi connectivity index (χ0v) is 27.2. The molecule has 0 saturated heterocycles. The molecule has 0 spiro atoms. The fourth-order valence-corrected chi connectivity index (χ4v) is 10.1. The summed E-state index contributed by atoms with van der Waals surface area (Å²) in [4.78, 5) is 2.44. The van der Waals surface area contributed by atoms with Gasteiger partial charge >= 0.3 is 0 Å². The van der Waals surface area contributed by atoms with Crippen LogP contribution in [0.1, 0.15) is 0 Å². The predicted octanol–water partition coefficient (Wildman–Crippen LogP) is 14.1. The van der Waals surface area contributed by atoms with Crippen molar-refractivity contribution in [2.24, 2.45) is 0 Å². The minimum atomic E-state index is 0.925. The fourth-order valence-electron chi connectivity index (χ4n) is 7.71. The largest absolute Gasteiger partial charge is 0.455 e. The lowest BCUT2D eigenvalue weighted by molar-refractivity contribution is 0.673. The molecule has 0 saturated carbocycles. The van der Waals surface area contributed by atoms with E-state index < -0.39 is 0 Å². The molecule has 0 radical (unpaired) electrons. The molecule has 0 unspecified atom stereocenters. The van der Waals surface area contributed by atoms with Gasteiger partial charge in [0.15, 0.2) is 0 Å². The third kappa shape index (κ3) is 3.67. The Morgan fingerprint density at radius 2 is 1.15 bits per heavy atom. The molecule has 0 aliphatic carbocycles. The Bertz CT molecular complexity index is 3070. The Morgan fingerprint density at radius 3 is 2.02 bits per heavy atom. The number of furan rings is 1. The van der Waals surface area contributed by atoms with Crippen LogP contribution in [0, 0.1) is 0 Å². The third-order valence-corrected chi connectivity index (χ3v) is 12.1. The first-order valence-corrected chi connectivity index (χ1v) is 17.8. The fraction of sp³-hybridized carbons (Fsp3) is 0. The van der Waals surface area contributed by atoms with E-state index in [1.54, 1.807) is 0 Å². The van der Waals surface area contributed by atoms with Gasteiger partial charge in [-0.05, 0) is 70.8 Å². The van der Waals surface area contributed by atoms with Gasteiger partial charge in [-0.25, -0.2) is 0 Å². The number of fused-ring (bicyclic) bond motifs is 14. The lowest BCUT2D eigenvalue weighted by atomic mass is 10.0. The molecule has 0 aliphatic heterocycles. The van der Waals surface area contributed by atoms with Crippen LogP contribution in [0.15, 0.2) is 156 Å². The average molecular weight is 648 g/mol. The normalized spacial score (nSPS) is 12.2. The van der Waals surface area contributed by atoms with Gasteiger partial charge in [0, 0.05) is 67.9 Å². The highest BCUT2D eigenvalue weighted by molar-refractivity contribution is 7.27. The van der Waals surface area contributed by atoms with Gasteiger partial charge < -0.3 is 9.32 Å². The van der Waals surface area contributed by atoms with Gasteiger partial charge in [-0.3, -0.25) is 0 Å². The molecule has 224 valence electrons. The van der Waals surface area contributed by atoms with Crippen LogP contribution in [0.3, 0.4) is 0 Å². The van der Waals surface area contributed by atoms with Gasteiger partial charge in [0.2, 0.25) is 0 Å². The first-order chi connectivity index (χ1) is 23.8. The molecule has 3 aromatic heterocycles. The number of anilines is 3. The van der Waals surface area contributed by atoms with Crippen LogP contribution in [0.2, 0.25) is 0 Å². The van der Waals surface area contributed by atoms with E-state index in [0.29, 0.717) is 0 Å². The molecular weight excluding hydrogens is 623 g/mol. The summed E-state index contributed by atoms with van der Waals surface area (Å²) in [5.74, 6) is 0. The highest BCUT2D eigenvalue weighted by Gasteiger charge is 2.22. The van der Waals surface area contributed by atoms with Crippen molar-refractivity contribution >= 4 is 124 Å². The van der Waals surface area contributed by atoms with E-state index in [2.05, 4.69) is 157 Å². The monoisotopic (exact) mass is 647 g/mol. The zero-order valence-electron chi connectivity index (χ0n) is 25.6. The van der Waals surface area contributed by atoms with E-state index >= 15 is 0 Å². The Kier molecular flexibility index (Phi) is 5.45. The van der Waals surface area contributed by atoms with Crippen molar-refractivity contribution < 1.29 is 4.42 Å². The summed E-state index contributed by atoms with van der Waals surface area (Å²) in [6, 6.07) is 55.1. The average Bonchev–Trinajstić information content (AvgIpc) is 3.83. The first-order valence-electron chi connectivity index (χ1n) is 16.2. The van der Waals surface area contributed by atoms with Crippen molar-refractivity contribution in [1.82, 2.24) is 0 Å². The van der Waals surface area contributed by atoms with Gasteiger partial charge in [-0.2, -0.15) is 0 Å². The van der Waals surface area contributed by atoms with Crippen LogP contribution in [0.4, 0.5) is 17.1 Å². The molecule has 11 aromatic rings. The Hall–Kier alpha value is -5.68. The summed E-state index contributed by atoms with van der Waals surface area (Å²) in [5.41, 5.74) is 5.32. The molecule has 8 aromatic carbocycles. The second-order valence-corrected chi connectivity index (χ2v) is 14.6. The minimum Gasteiger partial charge on any atom is -0.455 e. The summed E-state index contributed by atoms with van der Waals surface area (Å²) in [7, 11) is 0. The SMILES string of the molecule is c1ccc(N(c2ccc3c(c2)sc2c4ccccc4ccc32)c2cccc3sc4ccc5oc6c7ccccc7ccc6c5c4c23)cc1. The van der Waals surface area contributed by atoms with Gasteiger partial charge in [0.05, 0.1) is 5.69 Å². The molecule has 4 heteroatoms. The Balaban J connectivity index is 1.22. The number of hydrogen-bond donors (Lipinski definition) is 0. The van der Waals surface area contributed by atoms with Crippen molar-refractivity contribution in [3.05, 3.63) is 152 Å². The molecule has 0 N–H and O–H groups in total. The van der Waals surface area contributed by atoms with Crippen LogP contribution in [0.5, 0.6) is 0 Å². The van der Waals surface area contributed by atoms with Crippen molar-refractivity contribution in [2.75, 3.05) is 4.90 Å². The zero-order chi connectivity index (χ0) is 31.3. The van der Waals surface area contributed by atoms with Crippen LogP contribution in [-0.2, 0) is 0 Å². The Morgan fingerprint density at radius 1 is 0.417 bits per heavy atom.